The zero-order valence-electron chi connectivity index (χ0n) is 12.1. The van der Waals surface area contributed by atoms with Crippen LogP contribution >= 0.6 is 0 Å². The van der Waals surface area contributed by atoms with Crippen molar-refractivity contribution < 1.29 is 0 Å². The molecule has 1 fully saturated rings. The first-order chi connectivity index (χ1) is 10.2. The summed E-state index contributed by atoms with van der Waals surface area (Å²) in [5.41, 5.74) is 2.50. The normalized spacial score (nSPS) is 17.4. The van der Waals surface area contributed by atoms with Crippen LogP contribution in [0, 0.1) is 0 Å². The summed E-state index contributed by atoms with van der Waals surface area (Å²) in [4.78, 5) is 12.9. The highest BCUT2D eigenvalue weighted by atomic mass is 15.4. The van der Waals surface area contributed by atoms with Gasteiger partial charge in [-0.05, 0) is 25.8 Å². The van der Waals surface area contributed by atoms with Gasteiger partial charge in [-0.15, -0.1) is 0 Å². The van der Waals surface area contributed by atoms with Crippen molar-refractivity contribution in [3.63, 3.8) is 0 Å². The fourth-order valence-electron chi connectivity index (χ4n) is 2.70. The monoisotopic (exact) mass is 288 g/mol. The van der Waals surface area contributed by atoms with E-state index >= 15 is 0 Å². The van der Waals surface area contributed by atoms with Gasteiger partial charge in [-0.3, -0.25) is 5.43 Å². The largest absolute Gasteiger partial charge is 0.349 e. The predicted octanol–water partition coefficient (Wildman–Crippen LogP) is 1.48. The van der Waals surface area contributed by atoms with Crippen LogP contribution < -0.4 is 16.6 Å². The summed E-state index contributed by atoms with van der Waals surface area (Å²) in [7, 11) is 0. The van der Waals surface area contributed by atoms with E-state index in [-0.39, 0.29) is 5.54 Å². The second kappa shape index (κ2) is 5.65. The highest BCUT2D eigenvalue weighted by Gasteiger charge is 2.27. The minimum Gasteiger partial charge on any atom is -0.349 e. The molecule has 0 saturated heterocycles. The zero-order valence-corrected chi connectivity index (χ0v) is 12.1. The average molecular weight is 288 g/mol. The van der Waals surface area contributed by atoms with E-state index in [1.165, 1.54) is 19.3 Å². The topological polar surface area (TPSA) is 107 Å². The molecule has 2 aromatic rings. The fourth-order valence-corrected chi connectivity index (χ4v) is 2.70. The number of aromatic nitrogens is 5. The Morgan fingerprint density at radius 1 is 1.14 bits per heavy atom. The third-order valence-electron chi connectivity index (χ3n) is 3.83. The minimum absolute atomic E-state index is 0.0207. The molecule has 0 aliphatic heterocycles. The van der Waals surface area contributed by atoms with Crippen LogP contribution in [0.1, 0.15) is 39.0 Å². The van der Waals surface area contributed by atoms with E-state index in [2.05, 4.69) is 37.7 Å². The highest BCUT2D eigenvalue weighted by molar-refractivity contribution is 5.39. The van der Waals surface area contributed by atoms with Gasteiger partial charge in [0.1, 0.15) is 0 Å². The van der Waals surface area contributed by atoms with Gasteiger partial charge in [0.15, 0.2) is 0 Å². The molecule has 0 spiro atoms. The van der Waals surface area contributed by atoms with Crippen LogP contribution in [0.15, 0.2) is 18.5 Å². The lowest BCUT2D eigenvalue weighted by Crippen LogP contribution is -2.37. The Morgan fingerprint density at radius 2 is 1.90 bits per heavy atom. The average Bonchev–Trinajstić information content (AvgIpc) is 3.01. The summed E-state index contributed by atoms with van der Waals surface area (Å²) in [5.74, 6) is 6.72. The van der Waals surface area contributed by atoms with E-state index in [4.69, 9.17) is 5.84 Å². The zero-order chi connectivity index (χ0) is 14.7. The molecule has 1 aliphatic rings. The van der Waals surface area contributed by atoms with Gasteiger partial charge >= 0.3 is 0 Å². The molecule has 2 aromatic heterocycles. The van der Waals surface area contributed by atoms with Crippen molar-refractivity contribution in [1.29, 1.82) is 0 Å². The molecule has 0 amide bonds. The predicted molar refractivity (Wildman–Crippen MR) is 79.9 cm³/mol. The van der Waals surface area contributed by atoms with Gasteiger partial charge in [0.25, 0.3) is 5.95 Å². The maximum atomic E-state index is 5.45. The van der Waals surface area contributed by atoms with Crippen molar-refractivity contribution in [2.75, 3.05) is 10.7 Å². The molecule has 8 heteroatoms. The molecule has 0 bridgehead atoms. The molecule has 21 heavy (non-hydrogen) atoms. The first kappa shape index (κ1) is 13.7. The molecule has 4 N–H and O–H groups in total. The number of hydrogen-bond acceptors (Lipinski definition) is 7. The number of hydrogen-bond donors (Lipinski definition) is 3. The minimum atomic E-state index is 0.0207. The number of nitrogens with one attached hydrogen (secondary N) is 2. The van der Waals surface area contributed by atoms with Crippen LogP contribution in [0.25, 0.3) is 5.95 Å². The summed E-state index contributed by atoms with van der Waals surface area (Å²) >= 11 is 0. The standard InChI is InChI=1S/C13H20N8/c1-13(6-3-2-4-7-13)19-10-16-11(20-14)18-12(17-10)21-9-5-8-15-21/h5,8-9H,2-4,6-7,14H2,1H3,(H2,16,17,18,19,20). The number of nitrogen functional groups attached to an aromatic ring is 1. The third-order valence-corrected chi connectivity index (χ3v) is 3.83. The van der Waals surface area contributed by atoms with Gasteiger partial charge in [0, 0.05) is 17.9 Å². The molecule has 1 aliphatic carbocycles. The summed E-state index contributed by atoms with van der Waals surface area (Å²) in [6, 6.07) is 1.81. The Morgan fingerprint density at radius 3 is 2.57 bits per heavy atom. The second-order valence-corrected chi connectivity index (χ2v) is 5.62. The van der Waals surface area contributed by atoms with Crippen molar-refractivity contribution in [3.05, 3.63) is 18.5 Å². The lowest BCUT2D eigenvalue weighted by molar-refractivity contribution is 0.347. The van der Waals surface area contributed by atoms with Crippen molar-refractivity contribution in [2.24, 2.45) is 5.84 Å². The second-order valence-electron chi connectivity index (χ2n) is 5.62. The molecule has 3 rings (SSSR count). The van der Waals surface area contributed by atoms with E-state index in [0.29, 0.717) is 17.8 Å². The molecule has 0 aromatic carbocycles. The molecule has 2 heterocycles. The van der Waals surface area contributed by atoms with E-state index in [1.807, 2.05) is 6.07 Å². The number of rotatable bonds is 4. The maximum absolute atomic E-state index is 5.45. The van der Waals surface area contributed by atoms with E-state index in [9.17, 15) is 0 Å². The molecule has 1 saturated carbocycles. The Bertz CT molecular complexity index is 588. The molecular formula is C13H20N8. The van der Waals surface area contributed by atoms with Gasteiger partial charge in [0.05, 0.1) is 0 Å². The van der Waals surface area contributed by atoms with Crippen LogP contribution in [-0.4, -0.2) is 30.3 Å². The van der Waals surface area contributed by atoms with Crippen molar-refractivity contribution >= 4 is 11.9 Å². The number of hydrazine groups is 1. The third kappa shape index (κ3) is 3.10. The van der Waals surface area contributed by atoms with Gasteiger partial charge in [0.2, 0.25) is 11.9 Å². The Balaban J connectivity index is 1.89. The summed E-state index contributed by atoms with van der Waals surface area (Å²) in [5, 5.41) is 7.57. The van der Waals surface area contributed by atoms with Gasteiger partial charge in [-0.25, -0.2) is 10.5 Å². The van der Waals surface area contributed by atoms with Crippen LogP contribution in [0.4, 0.5) is 11.9 Å². The van der Waals surface area contributed by atoms with Crippen molar-refractivity contribution in [1.82, 2.24) is 24.7 Å². The van der Waals surface area contributed by atoms with Crippen molar-refractivity contribution in [2.45, 2.75) is 44.6 Å². The first-order valence-corrected chi connectivity index (χ1v) is 7.19. The molecule has 112 valence electrons. The van der Waals surface area contributed by atoms with Gasteiger partial charge < -0.3 is 5.32 Å². The van der Waals surface area contributed by atoms with E-state index < -0.39 is 0 Å². The highest BCUT2D eigenvalue weighted by Crippen LogP contribution is 2.30. The van der Waals surface area contributed by atoms with Crippen molar-refractivity contribution in [3.8, 4) is 5.95 Å². The summed E-state index contributed by atoms with van der Waals surface area (Å²) < 4.78 is 1.58. The Labute approximate surface area is 123 Å². The molecular weight excluding hydrogens is 268 g/mol. The Kier molecular flexibility index (Phi) is 3.70. The van der Waals surface area contributed by atoms with Crippen LogP contribution in [-0.2, 0) is 0 Å². The van der Waals surface area contributed by atoms with Gasteiger partial charge in [-0.1, -0.05) is 19.3 Å². The number of nitrogens with zero attached hydrogens (tertiary/aromatic N) is 5. The van der Waals surface area contributed by atoms with E-state index in [0.717, 1.165) is 12.8 Å². The number of anilines is 2. The first-order valence-electron chi connectivity index (χ1n) is 7.19. The lowest BCUT2D eigenvalue weighted by Gasteiger charge is -2.34. The quantitative estimate of drug-likeness (QED) is 0.577. The smallest absolute Gasteiger partial charge is 0.257 e. The summed E-state index contributed by atoms with van der Waals surface area (Å²) in [6.07, 6.45) is 9.42. The van der Waals surface area contributed by atoms with E-state index in [1.54, 1.807) is 17.1 Å². The summed E-state index contributed by atoms with van der Waals surface area (Å²) in [6.45, 7) is 2.21. The molecule has 0 unspecified atom stereocenters. The molecule has 0 atom stereocenters. The van der Waals surface area contributed by atoms with Crippen LogP contribution in [0.2, 0.25) is 0 Å². The lowest BCUT2D eigenvalue weighted by atomic mass is 9.83. The van der Waals surface area contributed by atoms with Crippen LogP contribution in [0.5, 0.6) is 0 Å². The number of nitrogens with two attached hydrogens (primary N) is 1. The fraction of sp³-hybridized carbons (Fsp3) is 0.538. The van der Waals surface area contributed by atoms with Gasteiger partial charge in [-0.2, -0.15) is 20.1 Å². The molecule has 0 radical (unpaired) electrons. The Hall–Kier alpha value is -2.22. The molecule has 8 nitrogen and oxygen atoms in total. The maximum Gasteiger partial charge on any atom is 0.257 e. The van der Waals surface area contributed by atoms with Crippen LogP contribution in [0.3, 0.4) is 0 Å². The SMILES string of the molecule is CC1(Nc2nc(NN)nc(-n3cccn3)n2)CCCCC1.